The van der Waals surface area contributed by atoms with Gasteiger partial charge in [0.1, 0.15) is 28.9 Å². The Morgan fingerprint density at radius 2 is 1.81 bits per heavy atom. The second kappa shape index (κ2) is 9.17. The van der Waals surface area contributed by atoms with Crippen LogP contribution in [0.15, 0.2) is 42.6 Å². The van der Waals surface area contributed by atoms with Gasteiger partial charge in [-0.2, -0.15) is 13.2 Å². The van der Waals surface area contributed by atoms with E-state index >= 15 is 0 Å². The average Bonchev–Trinajstić information content (AvgIpc) is 2.67. The Labute approximate surface area is 195 Å². The molecule has 2 heterocycles. The SMILES string of the molecule is COc1cc(I)ccc1-c1cc(Nc2cc(CS(C)(=O)=O)cc(C(F)(F)F)n2)ncc1F. The van der Waals surface area contributed by atoms with Crippen molar-refractivity contribution in [1.29, 1.82) is 0 Å². The Kier molecular flexibility index (Phi) is 6.93. The molecular formula is C20H16F4IN3O3S. The van der Waals surface area contributed by atoms with Crippen molar-refractivity contribution in [3.63, 3.8) is 0 Å². The number of sulfone groups is 1. The van der Waals surface area contributed by atoms with Crippen LogP contribution in [-0.2, 0) is 21.8 Å². The molecule has 0 unspecified atom stereocenters. The number of nitrogens with zero attached hydrogens (tertiary/aromatic N) is 2. The van der Waals surface area contributed by atoms with Crippen LogP contribution in [0.5, 0.6) is 5.75 Å². The third kappa shape index (κ3) is 6.06. The van der Waals surface area contributed by atoms with Crippen LogP contribution in [0.2, 0.25) is 0 Å². The van der Waals surface area contributed by atoms with Gasteiger partial charge in [-0.1, -0.05) is 0 Å². The summed E-state index contributed by atoms with van der Waals surface area (Å²) in [6.45, 7) is 0. The Bertz CT molecular complexity index is 1270. The average molecular weight is 581 g/mol. The van der Waals surface area contributed by atoms with Crippen LogP contribution in [0, 0.1) is 9.39 Å². The minimum atomic E-state index is -4.79. The van der Waals surface area contributed by atoms with Crippen LogP contribution in [0.25, 0.3) is 11.1 Å². The summed E-state index contributed by atoms with van der Waals surface area (Å²) in [5.41, 5.74) is -0.827. The molecule has 6 nitrogen and oxygen atoms in total. The molecule has 0 amide bonds. The molecule has 3 aromatic rings. The first-order valence-corrected chi connectivity index (χ1v) is 12.0. The quantitative estimate of drug-likeness (QED) is 0.319. The molecule has 12 heteroatoms. The highest BCUT2D eigenvalue weighted by Crippen LogP contribution is 2.35. The Balaban J connectivity index is 2.04. The molecule has 0 aliphatic carbocycles. The van der Waals surface area contributed by atoms with Gasteiger partial charge in [-0.05, 0) is 64.6 Å². The van der Waals surface area contributed by atoms with Crippen molar-refractivity contribution in [2.45, 2.75) is 11.9 Å². The van der Waals surface area contributed by atoms with Gasteiger partial charge >= 0.3 is 6.18 Å². The lowest BCUT2D eigenvalue weighted by Crippen LogP contribution is -2.12. The molecule has 0 radical (unpaired) electrons. The van der Waals surface area contributed by atoms with E-state index in [2.05, 4.69) is 37.9 Å². The molecule has 0 saturated heterocycles. The zero-order chi connectivity index (χ0) is 23.7. The summed E-state index contributed by atoms with van der Waals surface area (Å²) >= 11 is 2.08. The van der Waals surface area contributed by atoms with Crippen LogP contribution >= 0.6 is 22.6 Å². The summed E-state index contributed by atoms with van der Waals surface area (Å²) < 4.78 is 83.6. The molecule has 0 bridgehead atoms. The van der Waals surface area contributed by atoms with E-state index in [0.29, 0.717) is 17.4 Å². The van der Waals surface area contributed by atoms with Gasteiger partial charge in [0.15, 0.2) is 9.84 Å². The van der Waals surface area contributed by atoms with Crippen LogP contribution in [0.4, 0.5) is 29.2 Å². The number of hydrogen-bond donors (Lipinski definition) is 1. The topological polar surface area (TPSA) is 81.2 Å². The smallest absolute Gasteiger partial charge is 0.433 e. The molecule has 0 fully saturated rings. The van der Waals surface area contributed by atoms with E-state index in [4.69, 9.17) is 4.74 Å². The number of nitrogens with one attached hydrogen (secondary N) is 1. The Morgan fingerprint density at radius 3 is 2.44 bits per heavy atom. The van der Waals surface area contributed by atoms with Gasteiger partial charge in [-0.15, -0.1) is 0 Å². The van der Waals surface area contributed by atoms with Gasteiger partial charge in [-0.25, -0.2) is 22.8 Å². The highest BCUT2D eigenvalue weighted by atomic mass is 127. The molecule has 1 N–H and O–H groups in total. The number of methoxy groups -OCH3 is 1. The van der Waals surface area contributed by atoms with Gasteiger partial charge < -0.3 is 10.1 Å². The van der Waals surface area contributed by atoms with Crippen LogP contribution < -0.4 is 10.1 Å². The monoisotopic (exact) mass is 581 g/mol. The van der Waals surface area contributed by atoms with E-state index in [1.807, 2.05) is 0 Å². The van der Waals surface area contributed by atoms with Gasteiger partial charge in [-0.3, -0.25) is 0 Å². The zero-order valence-corrected chi connectivity index (χ0v) is 19.6. The maximum absolute atomic E-state index is 14.5. The molecule has 170 valence electrons. The summed E-state index contributed by atoms with van der Waals surface area (Å²) in [5.74, 6) is -1.13. The molecular weight excluding hydrogens is 565 g/mol. The highest BCUT2D eigenvalue weighted by Gasteiger charge is 2.33. The van der Waals surface area contributed by atoms with E-state index in [-0.39, 0.29) is 22.8 Å². The number of ether oxygens (including phenoxy) is 1. The van der Waals surface area contributed by atoms with E-state index in [1.54, 1.807) is 18.2 Å². The first-order valence-electron chi connectivity index (χ1n) is 8.88. The highest BCUT2D eigenvalue weighted by molar-refractivity contribution is 14.1. The third-order valence-corrected chi connectivity index (χ3v) is 5.70. The predicted octanol–water partition coefficient (Wildman–Crippen LogP) is 5.20. The maximum Gasteiger partial charge on any atom is 0.433 e. The summed E-state index contributed by atoms with van der Waals surface area (Å²) in [4.78, 5) is 7.37. The maximum atomic E-state index is 14.5. The van der Waals surface area contributed by atoms with Crippen LogP contribution in [-0.4, -0.2) is 31.8 Å². The molecule has 0 aliphatic rings. The molecule has 0 aliphatic heterocycles. The lowest BCUT2D eigenvalue weighted by atomic mass is 10.1. The molecule has 32 heavy (non-hydrogen) atoms. The van der Waals surface area contributed by atoms with E-state index < -0.39 is 33.3 Å². The van der Waals surface area contributed by atoms with E-state index in [1.165, 1.54) is 19.2 Å². The number of pyridine rings is 2. The van der Waals surface area contributed by atoms with Gasteiger partial charge in [0.25, 0.3) is 0 Å². The van der Waals surface area contributed by atoms with Crippen LogP contribution in [0.1, 0.15) is 11.3 Å². The fourth-order valence-corrected chi connectivity index (χ4v) is 4.15. The largest absolute Gasteiger partial charge is 0.496 e. The second-order valence-electron chi connectivity index (χ2n) is 6.83. The number of hydrogen-bond acceptors (Lipinski definition) is 6. The summed E-state index contributed by atoms with van der Waals surface area (Å²) in [6, 6.07) is 8.25. The fourth-order valence-electron chi connectivity index (χ4n) is 2.91. The van der Waals surface area contributed by atoms with Crippen molar-refractivity contribution in [2.24, 2.45) is 0 Å². The van der Waals surface area contributed by atoms with Crippen molar-refractivity contribution in [3.05, 3.63) is 63.2 Å². The molecule has 3 rings (SSSR count). The molecule has 2 aromatic heterocycles. The van der Waals surface area contributed by atoms with Gasteiger partial charge in [0, 0.05) is 21.0 Å². The van der Waals surface area contributed by atoms with Crippen molar-refractivity contribution < 1.29 is 30.7 Å². The number of anilines is 2. The van der Waals surface area contributed by atoms with Gasteiger partial charge in [0.2, 0.25) is 0 Å². The lowest BCUT2D eigenvalue weighted by Gasteiger charge is -2.14. The summed E-state index contributed by atoms with van der Waals surface area (Å²) in [5, 5.41) is 2.60. The number of halogens is 5. The molecule has 0 atom stereocenters. The van der Waals surface area contributed by atoms with Crippen molar-refractivity contribution in [1.82, 2.24) is 9.97 Å². The van der Waals surface area contributed by atoms with Crippen molar-refractivity contribution in [2.75, 3.05) is 18.7 Å². The molecule has 0 spiro atoms. The minimum Gasteiger partial charge on any atom is -0.496 e. The van der Waals surface area contributed by atoms with E-state index in [9.17, 15) is 26.0 Å². The molecule has 0 saturated carbocycles. The number of rotatable bonds is 6. The first-order chi connectivity index (χ1) is 14.9. The fraction of sp³-hybridized carbons (Fsp3) is 0.200. The standard InChI is InChI=1S/C20H16F4IN3O3S/c1-31-16-7-12(25)3-4-13(16)14-8-18(26-9-15(14)21)28-19-6-11(10-32(2,29)30)5-17(27-19)20(22,23)24/h3-9H,10H2,1-2H3,(H,26,27,28). The third-order valence-electron chi connectivity index (χ3n) is 4.17. The summed E-state index contributed by atoms with van der Waals surface area (Å²) in [7, 11) is -2.16. The Morgan fingerprint density at radius 1 is 1.09 bits per heavy atom. The minimum absolute atomic E-state index is 0.0131. The van der Waals surface area contributed by atoms with Crippen molar-refractivity contribution >= 4 is 44.1 Å². The number of alkyl halides is 3. The predicted molar refractivity (Wildman–Crippen MR) is 120 cm³/mol. The van der Waals surface area contributed by atoms with E-state index in [0.717, 1.165) is 16.0 Å². The second-order valence-corrected chi connectivity index (χ2v) is 10.2. The number of benzene rings is 1. The first kappa shape index (κ1) is 24.2. The van der Waals surface area contributed by atoms with Crippen LogP contribution in [0.3, 0.4) is 0 Å². The van der Waals surface area contributed by atoms with Crippen molar-refractivity contribution in [3.8, 4) is 16.9 Å². The van der Waals surface area contributed by atoms with Gasteiger partial charge in [0.05, 0.1) is 19.1 Å². The zero-order valence-electron chi connectivity index (χ0n) is 16.7. The number of aromatic nitrogens is 2. The normalized spacial score (nSPS) is 12.0. The molecule has 1 aromatic carbocycles. The Hall–Kier alpha value is -2.48. The lowest BCUT2D eigenvalue weighted by molar-refractivity contribution is -0.141. The summed E-state index contributed by atoms with van der Waals surface area (Å²) in [6.07, 6.45) is -2.96.